The third-order valence-corrected chi connectivity index (χ3v) is 4.34. The first-order chi connectivity index (χ1) is 12.5. The van der Waals surface area contributed by atoms with Gasteiger partial charge in [-0.05, 0) is 44.0 Å². The van der Waals surface area contributed by atoms with Gasteiger partial charge in [-0.3, -0.25) is 4.90 Å². The topological polar surface area (TPSA) is 39.7 Å². The monoisotopic (exact) mass is 370 g/mol. The van der Waals surface area contributed by atoms with Gasteiger partial charge in [-0.15, -0.1) is 0 Å². The van der Waals surface area contributed by atoms with Gasteiger partial charge in [0.25, 0.3) is 0 Å². The largest absolute Gasteiger partial charge is 0.390 e. The Balaban J connectivity index is 1.83. The first-order valence-corrected chi connectivity index (χ1v) is 9.35. The van der Waals surface area contributed by atoms with Gasteiger partial charge >= 0.3 is 6.18 Å². The molecule has 0 amide bonds. The number of guanidine groups is 1. The van der Waals surface area contributed by atoms with Gasteiger partial charge in [0.1, 0.15) is 0 Å². The van der Waals surface area contributed by atoms with Crippen molar-refractivity contribution < 1.29 is 13.2 Å². The maximum Gasteiger partial charge on any atom is 0.390 e. The van der Waals surface area contributed by atoms with Crippen LogP contribution in [0.25, 0.3) is 0 Å². The number of nitrogens with zero attached hydrogens (tertiary/aromatic N) is 2. The Bertz CT molecular complexity index is 549. The highest BCUT2D eigenvalue weighted by Crippen LogP contribution is 2.18. The number of benzene rings is 1. The minimum Gasteiger partial charge on any atom is -0.357 e. The SMILES string of the molecule is CCNC(=NCc1ccc(CN2CCCCC2)cc1)NCCC(F)(F)F. The minimum absolute atomic E-state index is 0.176. The van der Waals surface area contributed by atoms with Gasteiger partial charge in [0.2, 0.25) is 0 Å². The van der Waals surface area contributed by atoms with E-state index in [1.807, 2.05) is 19.1 Å². The highest BCUT2D eigenvalue weighted by atomic mass is 19.4. The van der Waals surface area contributed by atoms with E-state index in [4.69, 9.17) is 0 Å². The van der Waals surface area contributed by atoms with Gasteiger partial charge in [0, 0.05) is 19.6 Å². The molecular weight excluding hydrogens is 341 g/mol. The molecule has 2 N–H and O–H groups in total. The molecule has 0 bridgehead atoms. The Morgan fingerprint density at radius 1 is 1.04 bits per heavy atom. The molecule has 1 heterocycles. The summed E-state index contributed by atoms with van der Waals surface area (Å²) in [6, 6.07) is 8.32. The molecule has 1 fully saturated rings. The lowest BCUT2D eigenvalue weighted by molar-refractivity contribution is -0.132. The third-order valence-electron chi connectivity index (χ3n) is 4.34. The fraction of sp³-hybridized carbons (Fsp3) is 0.632. The van der Waals surface area contributed by atoms with Gasteiger partial charge in [-0.2, -0.15) is 13.2 Å². The van der Waals surface area contributed by atoms with E-state index in [9.17, 15) is 13.2 Å². The van der Waals surface area contributed by atoms with Gasteiger partial charge in [-0.25, -0.2) is 4.99 Å². The van der Waals surface area contributed by atoms with Crippen molar-refractivity contribution >= 4 is 5.96 Å². The van der Waals surface area contributed by atoms with Crippen LogP contribution in [0.15, 0.2) is 29.3 Å². The molecule has 2 rings (SSSR count). The van der Waals surface area contributed by atoms with Crippen LogP contribution in [0.1, 0.15) is 43.7 Å². The summed E-state index contributed by atoms with van der Waals surface area (Å²) in [6.45, 7) is 6.06. The second-order valence-electron chi connectivity index (χ2n) is 6.64. The van der Waals surface area contributed by atoms with Crippen LogP contribution in [0.4, 0.5) is 13.2 Å². The zero-order valence-corrected chi connectivity index (χ0v) is 15.4. The highest BCUT2D eigenvalue weighted by Gasteiger charge is 2.26. The molecule has 1 aliphatic rings. The first-order valence-electron chi connectivity index (χ1n) is 9.35. The van der Waals surface area contributed by atoms with Crippen molar-refractivity contribution in [2.75, 3.05) is 26.2 Å². The van der Waals surface area contributed by atoms with Crippen LogP contribution in [0.5, 0.6) is 0 Å². The summed E-state index contributed by atoms with van der Waals surface area (Å²) in [7, 11) is 0. The predicted octanol–water partition coefficient (Wildman–Crippen LogP) is 3.68. The third kappa shape index (κ3) is 8.08. The second kappa shape index (κ2) is 10.4. The number of hydrogen-bond acceptors (Lipinski definition) is 2. The molecule has 0 atom stereocenters. The zero-order chi connectivity index (χ0) is 18.8. The van der Waals surface area contributed by atoms with Crippen molar-refractivity contribution in [3.05, 3.63) is 35.4 Å². The van der Waals surface area contributed by atoms with E-state index >= 15 is 0 Å². The van der Waals surface area contributed by atoms with E-state index in [-0.39, 0.29) is 6.54 Å². The van der Waals surface area contributed by atoms with Crippen molar-refractivity contribution in [3.63, 3.8) is 0 Å². The van der Waals surface area contributed by atoms with Crippen LogP contribution in [-0.2, 0) is 13.1 Å². The molecule has 1 aromatic rings. The molecule has 0 unspecified atom stereocenters. The smallest absolute Gasteiger partial charge is 0.357 e. The van der Waals surface area contributed by atoms with E-state index < -0.39 is 12.6 Å². The average molecular weight is 370 g/mol. The van der Waals surface area contributed by atoms with Crippen molar-refractivity contribution in [1.29, 1.82) is 0 Å². The van der Waals surface area contributed by atoms with Crippen LogP contribution in [-0.4, -0.2) is 43.2 Å². The maximum absolute atomic E-state index is 12.2. The summed E-state index contributed by atoms with van der Waals surface area (Å²) in [5, 5.41) is 5.69. The fourth-order valence-electron chi connectivity index (χ4n) is 2.96. The molecule has 0 saturated carbocycles. The molecular formula is C19H29F3N4. The lowest BCUT2D eigenvalue weighted by Crippen LogP contribution is -2.38. The number of nitrogens with one attached hydrogen (secondary N) is 2. The molecule has 146 valence electrons. The molecule has 1 saturated heterocycles. The lowest BCUT2D eigenvalue weighted by Gasteiger charge is -2.26. The number of aliphatic imine (C=N–C) groups is 1. The molecule has 0 aliphatic carbocycles. The highest BCUT2D eigenvalue weighted by molar-refractivity contribution is 5.79. The lowest BCUT2D eigenvalue weighted by atomic mass is 10.1. The standard InChI is InChI=1S/C19H29F3N4/c1-2-23-18(24-11-10-19(20,21)22)25-14-16-6-8-17(9-7-16)15-26-12-4-3-5-13-26/h6-9H,2-5,10-15H2,1H3,(H2,23,24,25). The summed E-state index contributed by atoms with van der Waals surface area (Å²) in [4.78, 5) is 6.84. The van der Waals surface area contributed by atoms with Crippen molar-refractivity contribution in [2.45, 2.75) is 51.9 Å². The molecule has 26 heavy (non-hydrogen) atoms. The molecule has 0 aromatic heterocycles. The van der Waals surface area contributed by atoms with Crippen molar-refractivity contribution in [1.82, 2.24) is 15.5 Å². The van der Waals surface area contributed by atoms with Gasteiger partial charge in [-0.1, -0.05) is 30.7 Å². The number of alkyl halides is 3. The summed E-state index contributed by atoms with van der Waals surface area (Å²) < 4.78 is 36.7. The minimum atomic E-state index is -4.16. The summed E-state index contributed by atoms with van der Waals surface area (Å²) in [6.07, 6.45) is -1.14. The summed E-state index contributed by atoms with van der Waals surface area (Å²) >= 11 is 0. The second-order valence-corrected chi connectivity index (χ2v) is 6.64. The van der Waals surface area contributed by atoms with Crippen molar-refractivity contribution in [3.8, 4) is 0 Å². The first kappa shape index (κ1) is 20.6. The van der Waals surface area contributed by atoms with Crippen molar-refractivity contribution in [2.24, 2.45) is 4.99 Å². The molecule has 1 aliphatic heterocycles. The quantitative estimate of drug-likeness (QED) is 0.568. The molecule has 1 aromatic carbocycles. The number of hydrogen-bond donors (Lipinski definition) is 2. The van der Waals surface area contributed by atoms with Crippen LogP contribution in [0.2, 0.25) is 0 Å². The fourth-order valence-corrected chi connectivity index (χ4v) is 2.96. The van der Waals surface area contributed by atoms with E-state index in [2.05, 4.69) is 32.7 Å². The van der Waals surface area contributed by atoms with E-state index in [1.165, 1.54) is 37.9 Å². The van der Waals surface area contributed by atoms with Crippen LogP contribution in [0, 0.1) is 0 Å². The average Bonchev–Trinajstić information content (AvgIpc) is 2.61. The number of piperidine rings is 1. The predicted molar refractivity (Wildman–Crippen MR) is 99.1 cm³/mol. The van der Waals surface area contributed by atoms with E-state index in [1.54, 1.807) is 0 Å². The van der Waals surface area contributed by atoms with Crippen LogP contribution >= 0.6 is 0 Å². The zero-order valence-electron chi connectivity index (χ0n) is 15.4. The maximum atomic E-state index is 12.2. The van der Waals surface area contributed by atoms with E-state index in [0.717, 1.165) is 12.1 Å². The van der Waals surface area contributed by atoms with E-state index in [0.29, 0.717) is 19.0 Å². The Morgan fingerprint density at radius 2 is 1.69 bits per heavy atom. The molecule has 0 spiro atoms. The Kier molecular flexibility index (Phi) is 8.22. The number of rotatable bonds is 7. The van der Waals surface area contributed by atoms with Gasteiger partial charge in [0.15, 0.2) is 5.96 Å². The number of halogens is 3. The summed E-state index contributed by atoms with van der Waals surface area (Å²) in [5.41, 5.74) is 2.33. The van der Waals surface area contributed by atoms with Gasteiger partial charge in [0.05, 0.1) is 13.0 Å². The molecule has 7 heteroatoms. The molecule has 0 radical (unpaired) electrons. The Hall–Kier alpha value is -1.76. The normalized spacial score (nSPS) is 16.5. The van der Waals surface area contributed by atoms with Gasteiger partial charge < -0.3 is 10.6 Å². The van der Waals surface area contributed by atoms with Crippen LogP contribution in [0.3, 0.4) is 0 Å². The number of likely N-dealkylation sites (tertiary alicyclic amines) is 1. The Morgan fingerprint density at radius 3 is 2.31 bits per heavy atom. The van der Waals surface area contributed by atoms with Crippen LogP contribution < -0.4 is 10.6 Å². The molecule has 4 nitrogen and oxygen atoms in total. The summed E-state index contributed by atoms with van der Waals surface area (Å²) in [5.74, 6) is 0.411. The Labute approximate surface area is 153 Å².